The largest absolute Gasteiger partial charge is 0.342 e. The Bertz CT molecular complexity index is 894. The molecule has 2 aromatic rings. The monoisotopic (exact) mass is 364 g/mol. The highest BCUT2D eigenvalue weighted by atomic mass is 16.2. The molecule has 1 aromatic carbocycles. The minimum Gasteiger partial charge on any atom is -0.342 e. The van der Waals surface area contributed by atoms with Crippen LogP contribution in [-0.2, 0) is 33.8 Å². The first-order valence-electron chi connectivity index (χ1n) is 9.07. The third-order valence-electron chi connectivity index (χ3n) is 4.90. The molecular weight excluding hydrogens is 344 g/mol. The van der Waals surface area contributed by atoms with Crippen molar-refractivity contribution in [1.29, 1.82) is 0 Å². The SMILES string of the molecule is O=C(NCc1ccccn1)C(=O)Nc1cc2c3c(c1)CCC(=O)N3CCC2. The number of carbonyl (C=O) groups excluding carboxylic acids is 3. The lowest BCUT2D eigenvalue weighted by Gasteiger charge is -2.35. The molecule has 0 fully saturated rings. The van der Waals surface area contributed by atoms with Crippen LogP contribution in [0.3, 0.4) is 0 Å². The van der Waals surface area contributed by atoms with E-state index < -0.39 is 11.8 Å². The molecule has 0 bridgehead atoms. The second-order valence-electron chi connectivity index (χ2n) is 6.75. The summed E-state index contributed by atoms with van der Waals surface area (Å²) in [5.41, 5.74) is 4.38. The number of nitrogens with zero attached hydrogens (tertiary/aromatic N) is 2. The average Bonchev–Trinajstić information content (AvgIpc) is 2.69. The summed E-state index contributed by atoms with van der Waals surface area (Å²) in [5.74, 6) is -1.25. The van der Waals surface area contributed by atoms with Crippen molar-refractivity contribution in [2.24, 2.45) is 0 Å². The van der Waals surface area contributed by atoms with E-state index in [2.05, 4.69) is 15.6 Å². The highest BCUT2D eigenvalue weighted by Crippen LogP contribution is 2.37. The summed E-state index contributed by atoms with van der Waals surface area (Å²) in [6.45, 7) is 0.945. The number of anilines is 2. The maximum atomic E-state index is 12.2. The molecule has 2 N–H and O–H groups in total. The van der Waals surface area contributed by atoms with E-state index in [1.807, 2.05) is 23.1 Å². The number of pyridine rings is 1. The van der Waals surface area contributed by atoms with Crippen LogP contribution in [0.5, 0.6) is 0 Å². The molecule has 7 heteroatoms. The molecule has 27 heavy (non-hydrogen) atoms. The molecule has 0 saturated heterocycles. The zero-order valence-electron chi connectivity index (χ0n) is 14.8. The molecule has 0 atom stereocenters. The maximum Gasteiger partial charge on any atom is 0.313 e. The van der Waals surface area contributed by atoms with E-state index in [-0.39, 0.29) is 12.5 Å². The number of nitrogens with one attached hydrogen (secondary N) is 2. The molecule has 1 aromatic heterocycles. The maximum absolute atomic E-state index is 12.2. The van der Waals surface area contributed by atoms with E-state index >= 15 is 0 Å². The zero-order valence-corrected chi connectivity index (χ0v) is 14.8. The van der Waals surface area contributed by atoms with Gasteiger partial charge in [0, 0.05) is 24.8 Å². The van der Waals surface area contributed by atoms with Crippen molar-refractivity contribution in [2.75, 3.05) is 16.8 Å². The fourth-order valence-corrected chi connectivity index (χ4v) is 3.67. The van der Waals surface area contributed by atoms with Crippen molar-refractivity contribution in [3.8, 4) is 0 Å². The fraction of sp³-hybridized carbons (Fsp3) is 0.300. The van der Waals surface area contributed by atoms with Crippen molar-refractivity contribution < 1.29 is 14.4 Å². The number of carbonyl (C=O) groups is 3. The van der Waals surface area contributed by atoms with Crippen LogP contribution in [0.25, 0.3) is 0 Å². The number of hydrogen-bond donors (Lipinski definition) is 2. The Morgan fingerprint density at radius 1 is 1.07 bits per heavy atom. The van der Waals surface area contributed by atoms with Gasteiger partial charge in [0.25, 0.3) is 0 Å². The Morgan fingerprint density at radius 3 is 2.67 bits per heavy atom. The summed E-state index contributed by atoms with van der Waals surface area (Å²) >= 11 is 0. The van der Waals surface area contributed by atoms with E-state index in [1.54, 1.807) is 18.3 Å². The van der Waals surface area contributed by atoms with Gasteiger partial charge in [0.2, 0.25) is 5.91 Å². The quantitative estimate of drug-likeness (QED) is 0.809. The molecule has 138 valence electrons. The normalized spacial score (nSPS) is 15.1. The van der Waals surface area contributed by atoms with Crippen LogP contribution in [0.1, 0.15) is 29.7 Å². The number of rotatable bonds is 3. The molecule has 2 aliphatic rings. The molecular formula is C20H20N4O3. The van der Waals surface area contributed by atoms with Crippen molar-refractivity contribution >= 4 is 29.1 Å². The minimum absolute atomic E-state index is 0.161. The van der Waals surface area contributed by atoms with Gasteiger partial charge in [-0.1, -0.05) is 6.07 Å². The summed E-state index contributed by atoms with van der Waals surface area (Å²) in [6.07, 6.45) is 4.54. The predicted molar refractivity (Wildman–Crippen MR) is 100 cm³/mol. The summed E-state index contributed by atoms with van der Waals surface area (Å²) in [7, 11) is 0. The van der Waals surface area contributed by atoms with Crippen LogP contribution in [0.4, 0.5) is 11.4 Å². The number of hydrogen-bond acceptors (Lipinski definition) is 4. The standard InChI is InChI=1S/C20H20N4O3/c25-17-7-6-14-11-16(10-13-4-3-9-24(17)18(13)14)23-20(27)19(26)22-12-15-5-1-2-8-21-15/h1-2,5,8,10-11H,3-4,6-7,9,12H2,(H,22,26)(H,23,27). The minimum atomic E-state index is -0.711. The van der Waals surface area contributed by atoms with Crippen molar-refractivity contribution in [3.63, 3.8) is 0 Å². The number of aromatic nitrogens is 1. The average molecular weight is 364 g/mol. The summed E-state index contributed by atoms with van der Waals surface area (Å²) in [6, 6.07) is 9.12. The van der Waals surface area contributed by atoms with Gasteiger partial charge in [-0.15, -0.1) is 0 Å². The van der Waals surface area contributed by atoms with Crippen LogP contribution < -0.4 is 15.5 Å². The van der Waals surface area contributed by atoms with Gasteiger partial charge in [-0.25, -0.2) is 0 Å². The molecule has 0 unspecified atom stereocenters. The molecule has 4 rings (SSSR count). The van der Waals surface area contributed by atoms with Gasteiger partial charge in [0.1, 0.15) is 0 Å². The van der Waals surface area contributed by atoms with Gasteiger partial charge in [-0.05, 0) is 54.7 Å². The number of amides is 3. The third-order valence-corrected chi connectivity index (χ3v) is 4.90. The topological polar surface area (TPSA) is 91.4 Å². The fourth-order valence-electron chi connectivity index (χ4n) is 3.67. The second-order valence-corrected chi connectivity index (χ2v) is 6.75. The first kappa shape index (κ1) is 17.2. The van der Waals surface area contributed by atoms with Crippen LogP contribution >= 0.6 is 0 Å². The van der Waals surface area contributed by atoms with Crippen LogP contribution in [-0.4, -0.2) is 29.3 Å². The lowest BCUT2D eigenvalue weighted by molar-refractivity contribution is -0.136. The summed E-state index contributed by atoms with van der Waals surface area (Å²) < 4.78 is 0. The lowest BCUT2D eigenvalue weighted by atomic mass is 9.91. The molecule has 2 aliphatic heterocycles. The van der Waals surface area contributed by atoms with Gasteiger partial charge < -0.3 is 15.5 Å². The van der Waals surface area contributed by atoms with Gasteiger partial charge in [0.15, 0.2) is 0 Å². The third kappa shape index (κ3) is 3.53. The van der Waals surface area contributed by atoms with E-state index in [0.29, 0.717) is 24.2 Å². The number of aryl methyl sites for hydroxylation is 2. The lowest BCUT2D eigenvalue weighted by Crippen LogP contribution is -2.39. The highest BCUT2D eigenvalue weighted by molar-refractivity contribution is 6.39. The van der Waals surface area contributed by atoms with Gasteiger partial charge in [-0.3, -0.25) is 19.4 Å². The Hall–Kier alpha value is -3.22. The summed E-state index contributed by atoms with van der Waals surface area (Å²) in [5, 5.41) is 5.25. The van der Waals surface area contributed by atoms with E-state index in [9.17, 15) is 14.4 Å². The molecule has 7 nitrogen and oxygen atoms in total. The Balaban J connectivity index is 1.46. The van der Waals surface area contributed by atoms with Crippen LogP contribution in [0.2, 0.25) is 0 Å². The molecule has 0 spiro atoms. The van der Waals surface area contributed by atoms with Crippen molar-refractivity contribution in [3.05, 3.63) is 53.3 Å². The van der Waals surface area contributed by atoms with E-state index in [0.717, 1.165) is 36.2 Å². The molecule has 3 amide bonds. The van der Waals surface area contributed by atoms with E-state index in [4.69, 9.17) is 0 Å². The van der Waals surface area contributed by atoms with Crippen molar-refractivity contribution in [2.45, 2.75) is 32.2 Å². The van der Waals surface area contributed by atoms with Crippen molar-refractivity contribution in [1.82, 2.24) is 10.3 Å². The molecule has 3 heterocycles. The Morgan fingerprint density at radius 2 is 1.89 bits per heavy atom. The Labute approximate surface area is 156 Å². The second kappa shape index (κ2) is 7.19. The molecule has 0 radical (unpaired) electrons. The van der Waals surface area contributed by atoms with Gasteiger partial charge in [-0.2, -0.15) is 0 Å². The number of benzene rings is 1. The summed E-state index contributed by atoms with van der Waals surface area (Å²) in [4.78, 5) is 42.4. The smallest absolute Gasteiger partial charge is 0.313 e. The van der Waals surface area contributed by atoms with Gasteiger partial charge in [0.05, 0.1) is 17.9 Å². The molecule has 0 saturated carbocycles. The van der Waals surface area contributed by atoms with Crippen LogP contribution in [0.15, 0.2) is 36.5 Å². The zero-order chi connectivity index (χ0) is 18.8. The highest BCUT2D eigenvalue weighted by Gasteiger charge is 2.30. The molecule has 0 aliphatic carbocycles. The first-order valence-corrected chi connectivity index (χ1v) is 9.07. The Kier molecular flexibility index (Phi) is 4.58. The first-order chi connectivity index (χ1) is 13.1. The van der Waals surface area contributed by atoms with E-state index in [1.165, 1.54) is 0 Å². The predicted octanol–water partition coefficient (Wildman–Crippen LogP) is 1.56. The van der Waals surface area contributed by atoms with Gasteiger partial charge >= 0.3 is 11.8 Å². The van der Waals surface area contributed by atoms with Crippen LogP contribution in [0, 0.1) is 0 Å².